The molecule has 0 aliphatic carbocycles. The van der Waals surface area contributed by atoms with Crippen LogP contribution in [0.15, 0.2) is 18.2 Å². The van der Waals surface area contributed by atoms with Gasteiger partial charge >= 0.3 is 17.9 Å². The summed E-state index contributed by atoms with van der Waals surface area (Å²) in [6.07, 6.45) is 0. The topological polar surface area (TPSA) is 160 Å². The zero-order chi connectivity index (χ0) is 36.3. The molecule has 0 aromatic heterocycles. The van der Waals surface area contributed by atoms with Gasteiger partial charge in [-0.3, -0.25) is 34.3 Å². The van der Waals surface area contributed by atoms with E-state index in [0.717, 1.165) is 0 Å². The standard InChI is InChI=1S/C33H57N3O9Si/c1-29(2,3)33(30(4,5)6,35(19-26(37)38)20-27(39)40)22-34(21-28(41)44-31(7,8)9)18-23-17-24(36(42)43)15-16-25(23)45-46(13,14)32(10,11)12/h15-17H,18-22H2,1-14H3,(H,37,38)(H,39,40). The van der Waals surface area contributed by atoms with Crippen LogP contribution in [0.1, 0.15) is 88.6 Å². The number of benzene rings is 1. The molecule has 0 bridgehead atoms. The number of esters is 1. The Morgan fingerprint density at radius 3 is 1.70 bits per heavy atom. The highest BCUT2D eigenvalue weighted by atomic mass is 28.4. The number of nitro benzene ring substituents is 1. The summed E-state index contributed by atoms with van der Waals surface area (Å²) in [5.74, 6) is -2.48. The molecule has 0 saturated heterocycles. The third-order valence-electron chi connectivity index (χ3n) is 8.72. The number of nitrogens with zero attached hydrogens (tertiary/aromatic N) is 3. The maximum absolute atomic E-state index is 13.4. The van der Waals surface area contributed by atoms with Gasteiger partial charge in [-0.15, -0.1) is 0 Å². The third kappa shape index (κ3) is 10.8. The van der Waals surface area contributed by atoms with Crippen LogP contribution in [0.5, 0.6) is 5.75 Å². The van der Waals surface area contributed by atoms with E-state index in [9.17, 15) is 34.7 Å². The third-order valence-corrected chi connectivity index (χ3v) is 13.1. The summed E-state index contributed by atoms with van der Waals surface area (Å²) in [7, 11) is -2.42. The van der Waals surface area contributed by atoms with Gasteiger partial charge in [0, 0.05) is 36.3 Å². The molecule has 0 aliphatic heterocycles. The maximum atomic E-state index is 13.4. The smallest absolute Gasteiger partial charge is 0.320 e. The van der Waals surface area contributed by atoms with E-state index >= 15 is 0 Å². The Kier molecular flexibility index (Phi) is 12.8. The van der Waals surface area contributed by atoms with E-state index in [2.05, 4.69) is 33.9 Å². The average Bonchev–Trinajstić information content (AvgIpc) is 2.78. The second kappa shape index (κ2) is 14.4. The van der Waals surface area contributed by atoms with Crippen molar-refractivity contribution >= 4 is 31.9 Å². The fraction of sp³-hybridized carbons (Fsp3) is 0.727. The van der Waals surface area contributed by atoms with Crippen LogP contribution in [0, 0.1) is 20.9 Å². The van der Waals surface area contributed by atoms with Crippen molar-refractivity contribution in [2.45, 2.75) is 119 Å². The molecule has 46 heavy (non-hydrogen) atoms. The van der Waals surface area contributed by atoms with Gasteiger partial charge in [-0.05, 0) is 55.8 Å². The molecule has 0 atom stereocenters. The van der Waals surface area contributed by atoms with Gasteiger partial charge in [0.1, 0.15) is 11.4 Å². The highest BCUT2D eigenvalue weighted by Crippen LogP contribution is 2.49. The largest absolute Gasteiger partial charge is 0.543 e. The number of aliphatic carboxylic acids is 2. The monoisotopic (exact) mass is 667 g/mol. The van der Waals surface area contributed by atoms with E-state index < -0.39 is 66.2 Å². The lowest BCUT2D eigenvalue weighted by atomic mass is 9.58. The molecule has 0 saturated carbocycles. The fourth-order valence-electron chi connectivity index (χ4n) is 5.92. The van der Waals surface area contributed by atoms with Gasteiger partial charge in [0.2, 0.25) is 8.32 Å². The van der Waals surface area contributed by atoms with Crippen LogP contribution < -0.4 is 4.43 Å². The molecule has 0 radical (unpaired) electrons. The Morgan fingerprint density at radius 2 is 1.33 bits per heavy atom. The molecular weight excluding hydrogens is 610 g/mol. The highest BCUT2D eigenvalue weighted by molar-refractivity contribution is 6.74. The number of carboxylic acids is 2. The van der Waals surface area contributed by atoms with Gasteiger partial charge in [-0.2, -0.15) is 0 Å². The minimum absolute atomic E-state index is 0.00672. The number of carbonyl (C=O) groups is 3. The predicted molar refractivity (Wildman–Crippen MR) is 181 cm³/mol. The lowest BCUT2D eigenvalue weighted by Gasteiger charge is -2.60. The number of rotatable bonds is 14. The predicted octanol–water partition coefficient (Wildman–Crippen LogP) is 6.42. The zero-order valence-corrected chi connectivity index (χ0v) is 31.4. The zero-order valence-electron chi connectivity index (χ0n) is 30.4. The molecule has 0 spiro atoms. The summed E-state index contributed by atoms with van der Waals surface area (Å²) in [6, 6.07) is 4.41. The average molecular weight is 668 g/mol. The highest BCUT2D eigenvalue weighted by Gasteiger charge is 2.56. The van der Waals surface area contributed by atoms with Crippen molar-refractivity contribution in [3.05, 3.63) is 33.9 Å². The van der Waals surface area contributed by atoms with Gasteiger partial charge in [0.15, 0.2) is 0 Å². The number of hydrogen-bond donors (Lipinski definition) is 2. The quantitative estimate of drug-likeness (QED) is 0.0975. The van der Waals surface area contributed by atoms with Gasteiger partial charge in [0.05, 0.1) is 24.6 Å². The normalized spacial score (nSPS) is 13.6. The first-order valence-corrected chi connectivity index (χ1v) is 18.4. The second-order valence-electron chi connectivity index (χ2n) is 16.6. The van der Waals surface area contributed by atoms with E-state index in [1.807, 2.05) is 41.5 Å². The molecule has 12 nitrogen and oxygen atoms in total. The molecule has 1 aromatic carbocycles. The van der Waals surface area contributed by atoms with Crippen molar-refractivity contribution in [3.63, 3.8) is 0 Å². The number of nitro groups is 1. The van der Waals surface area contributed by atoms with Crippen LogP contribution in [0.3, 0.4) is 0 Å². The van der Waals surface area contributed by atoms with Gasteiger partial charge in [-0.1, -0.05) is 62.3 Å². The number of ether oxygens (including phenoxy) is 1. The Labute approximate surface area is 275 Å². The number of hydrogen-bond acceptors (Lipinski definition) is 9. The number of carbonyl (C=O) groups excluding carboxylic acids is 1. The summed E-state index contributed by atoms with van der Waals surface area (Å²) < 4.78 is 12.3. The molecule has 0 unspecified atom stereocenters. The summed E-state index contributed by atoms with van der Waals surface area (Å²) in [5, 5.41) is 31.6. The van der Waals surface area contributed by atoms with E-state index in [0.29, 0.717) is 11.3 Å². The Hall–Kier alpha value is -3.03. The van der Waals surface area contributed by atoms with E-state index in [1.54, 1.807) is 31.7 Å². The summed E-state index contributed by atoms with van der Waals surface area (Å²) in [5.41, 5.74) is -3.08. The lowest BCUT2D eigenvalue weighted by molar-refractivity contribution is -0.385. The number of carboxylic acid groups (broad SMARTS) is 2. The van der Waals surface area contributed by atoms with E-state index in [4.69, 9.17) is 9.16 Å². The number of non-ortho nitro benzene ring substituents is 1. The first kappa shape index (κ1) is 41.0. The minimum Gasteiger partial charge on any atom is -0.543 e. The van der Waals surface area contributed by atoms with Crippen LogP contribution in [0.4, 0.5) is 5.69 Å². The molecule has 13 heteroatoms. The van der Waals surface area contributed by atoms with Crippen molar-refractivity contribution in [1.29, 1.82) is 0 Å². The van der Waals surface area contributed by atoms with Crippen molar-refractivity contribution < 1.29 is 38.7 Å². The van der Waals surface area contributed by atoms with Crippen molar-refractivity contribution in [3.8, 4) is 5.75 Å². The van der Waals surface area contributed by atoms with E-state index in [1.165, 1.54) is 17.0 Å². The van der Waals surface area contributed by atoms with Crippen LogP contribution in [-0.2, 0) is 25.7 Å². The van der Waals surface area contributed by atoms with Gasteiger partial charge in [0.25, 0.3) is 5.69 Å². The Bertz CT molecular complexity index is 1240. The van der Waals surface area contributed by atoms with Gasteiger partial charge in [-0.25, -0.2) is 0 Å². The Balaban J connectivity index is 4.06. The maximum Gasteiger partial charge on any atom is 0.320 e. The van der Waals surface area contributed by atoms with E-state index in [-0.39, 0.29) is 30.4 Å². The molecule has 1 aromatic rings. The fourth-order valence-corrected chi connectivity index (χ4v) is 6.97. The molecule has 0 aliphatic rings. The molecule has 2 N–H and O–H groups in total. The van der Waals surface area contributed by atoms with Crippen molar-refractivity contribution in [1.82, 2.24) is 9.80 Å². The summed E-state index contributed by atoms with van der Waals surface area (Å²) in [6.45, 7) is 25.8. The van der Waals surface area contributed by atoms with Crippen LogP contribution in [0.25, 0.3) is 0 Å². The molecule has 0 heterocycles. The first-order chi connectivity index (χ1) is 20.4. The van der Waals surface area contributed by atoms with Crippen LogP contribution in [-0.4, -0.2) is 88.5 Å². The first-order valence-electron chi connectivity index (χ1n) is 15.5. The van der Waals surface area contributed by atoms with Gasteiger partial charge < -0.3 is 19.4 Å². The minimum atomic E-state index is -2.42. The molecule has 0 fully saturated rings. The van der Waals surface area contributed by atoms with Crippen LogP contribution in [0.2, 0.25) is 18.1 Å². The molecule has 1 rings (SSSR count). The summed E-state index contributed by atoms with van der Waals surface area (Å²) in [4.78, 5) is 52.3. The summed E-state index contributed by atoms with van der Waals surface area (Å²) >= 11 is 0. The van der Waals surface area contributed by atoms with Crippen molar-refractivity contribution in [2.75, 3.05) is 26.2 Å². The second-order valence-corrected chi connectivity index (χ2v) is 21.4. The Morgan fingerprint density at radius 1 is 0.848 bits per heavy atom. The SMILES string of the molecule is CC(C)(C)OC(=O)CN(Cc1cc([N+](=O)[O-])ccc1O[Si](C)(C)C(C)(C)C)CC(N(CC(=O)O)CC(=O)O)(C(C)(C)C)C(C)(C)C. The van der Waals surface area contributed by atoms with Crippen LogP contribution >= 0.6 is 0 Å². The molecule has 262 valence electrons. The molecular formula is C33H57N3O9Si. The lowest BCUT2D eigenvalue weighted by Crippen LogP contribution is -2.70. The molecule has 0 amide bonds. The van der Waals surface area contributed by atoms with Crippen molar-refractivity contribution in [2.24, 2.45) is 10.8 Å².